The van der Waals surface area contributed by atoms with Crippen molar-refractivity contribution in [3.8, 4) is 22.8 Å². The summed E-state index contributed by atoms with van der Waals surface area (Å²) >= 11 is 0. The number of amides is 1. The van der Waals surface area contributed by atoms with Gasteiger partial charge in [0.2, 0.25) is 0 Å². The van der Waals surface area contributed by atoms with Crippen LogP contribution in [0.1, 0.15) is 21.6 Å². The van der Waals surface area contributed by atoms with Gasteiger partial charge in [-0.25, -0.2) is 5.43 Å². The zero-order valence-corrected chi connectivity index (χ0v) is 16.5. The summed E-state index contributed by atoms with van der Waals surface area (Å²) < 4.78 is 5.97. The first-order chi connectivity index (χ1) is 15.2. The predicted octanol–water partition coefficient (Wildman–Crippen LogP) is 4.13. The quantitative estimate of drug-likeness (QED) is 0.314. The minimum absolute atomic E-state index is 0.127. The summed E-state index contributed by atoms with van der Waals surface area (Å²) in [5.74, 6) is 0.367. The average molecular weight is 412 g/mol. The third-order valence-electron chi connectivity index (χ3n) is 4.47. The second kappa shape index (κ2) is 9.41. The Balaban J connectivity index is 1.44. The number of phenolic OH excluding ortho intramolecular Hbond substituents is 1. The minimum atomic E-state index is -0.433. The molecular formula is C24H20N4O3. The van der Waals surface area contributed by atoms with E-state index < -0.39 is 5.91 Å². The lowest BCUT2D eigenvalue weighted by Gasteiger charge is -2.10. The summed E-state index contributed by atoms with van der Waals surface area (Å²) in [6.07, 6.45) is 1.45. The number of ether oxygens (including phenoxy) is 1. The lowest BCUT2D eigenvalue weighted by Crippen LogP contribution is -2.17. The Morgan fingerprint density at radius 1 is 1.03 bits per heavy atom. The van der Waals surface area contributed by atoms with Gasteiger partial charge in [0.05, 0.1) is 11.9 Å². The first kappa shape index (κ1) is 19.9. The van der Waals surface area contributed by atoms with Crippen LogP contribution in [0.5, 0.6) is 11.5 Å². The molecular weight excluding hydrogens is 392 g/mol. The van der Waals surface area contributed by atoms with Crippen molar-refractivity contribution >= 4 is 12.1 Å². The van der Waals surface area contributed by atoms with Crippen LogP contribution >= 0.6 is 0 Å². The number of benzene rings is 3. The van der Waals surface area contributed by atoms with Gasteiger partial charge in [0, 0.05) is 5.56 Å². The smallest absolute Gasteiger partial charge is 0.289 e. The third kappa shape index (κ3) is 5.16. The molecule has 0 bridgehead atoms. The topological polar surface area (TPSA) is 99.6 Å². The number of hydrogen-bond donors (Lipinski definition) is 3. The molecule has 0 saturated carbocycles. The van der Waals surface area contributed by atoms with E-state index in [0.717, 1.165) is 11.1 Å². The number of carbonyl (C=O) groups is 1. The van der Waals surface area contributed by atoms with E-state index in [-0.39, 0.29) is 11.4 Å². The van der Waals surface area contributed by atoms with Gasteiger partial charge in [0.15, 0.2) is 0 Å². The van der Waals surface area contributed by atoms with Crippen molar-refractivity contribution in [3.63, 3.8) is 0 Å². The van der Waals surface area contributed by atoms with Crippen LogP contribution in [0.25, 0.3) is 11.3 Å². The van der Waals surface area contributed by atoms with Crippen LogP contribution in [0, 0.1) is 0 Å². The van der Waals surface area contributed by atoms with Crippen molar-refractivity contribution in [2.75, 3.05) is 0 Å². The van der Waals surface area contributed by atoms with E-state index in [1.165, 1.54) is 12.3 Å². The predicted molar refractivity (Wildman–Crippen MR) is 118 cm³/mol. The zero-order chi connectivity index (χ0) is 21.5. The van der Waals surface area contributed by atoms with Crippen LogP contribution in [-0.4, -0.2) is 27.4 Å². The van der Waals surface area contributed by atoms with E-state index in [9.17, 15) is 9.90 Å². The first-order valence-electron chi connectivity index (χ1n) is 9.63. The van der Waals surface area contributed by atoms with Crippen LogP contribution in [-0.2, 0) is 6.61 Å². The number of para-hydroxylation sites is 1. The van der Waals surface area contributed by atoms with E-state index in [0.29, 0.717) is 23.6 Å². The molecule has 0 saturated heterocycles. The molecule has 0 fully saturated rings. The molecule has 0 aliphatic rings. The number of hydrogen-bond acceptors (Lipinski definition) is 5. The van der Waals surface area contributed by atoms with Crippen LogP contribution in [0.4, 0.5) is 0 Å². The number of aromatic hydroxyl groups is 1. The van der Waals surface area contributed by atoms with Gasteiger partial charge in [-0.1, -0.05) is 54.6 Å². The lowest BCUT2D eigenvalue weighted by molar-refractivity contribution is 0.0950. The average Bonchev–Trinajstić information content (AvgIpc) is 3.29. The van der Waals surface area contributed by atoms with Gasteiger partial charge in [-0.15, -0.1) is 0 Å². The summed E-state index contributed by atoms with van der Waals surface area (Å²) in [5.41, 5.74) is 5.79. The molecule has 0 atom stereocenters. The molecule has 154 valence electrons. The summed E-state index contributed by atoms with van der Waals surface area (Å²) in [6, 6.07) is 25.6. The Labute approximate surface area is 179 Å². The van der Waals surface area contributed by atoms with Gasteiger partial charge in [-0.2, -0.15) is 10.2 Å². The Bertz CT molecular complexity index is 1200. The number of rotatable bonds is 7. The second-order valence-electron chi connectivity index (χ2n) is 6.73. The van der Waals surface area contributed by atoms with E-state index in [1.807, 2.05) is 54.6 Å². The number of nitrogens with one attached hydrogen (secondary N) is 2. The molecule has 7 heteroatoms. The highest BCUT2D eigenvalue weighted by Crippen LogP contribution is 2.29. The standard InChI is InChI=1S/C24H20N4O3/c29-19-10-6-9-18(13-19)15-25-28-24(30)22-14-21(26-27-22)20-11-4-5-12-23(20)31-16-17-7-2-1-3-8-17/h1-15,29H,16H2,(H,26,27)(H,28,30). The lowest BCUT2D eigenvalue weighted by atomic mass is 10.1. The van der Waals surface area contributed by atoms with Crippen LogP contribution < -0.4 is 10.2 Å². The Hall–Kier alpha value is -4.39. The second-order valence-corrected chi connectivity index (χ2v) is 6.73. The highest BCUT2D eigenvalue weighted by molar-refractivity contribution is 5.94. The number of carbonyl (C=O) groups excluding carboxylic acids is 1. The van der Waals surface area contributed by atoms with Crippen molar-refractivity contribution in [2.24, 2.45) is 5.10 Å². The number of aromatic amines is 1. The van der Waals surface area contributed by atoms with Crippen molar-refractivity contribution in [3.05, 3.63) is 102 Å². The fourth-order valence-electron chi connectivity index (χ4n) is 2.95. The Kier molecular flexibility index (Phi) is 6.04. The largest absolute Gasteiger partial charge is 0.508 e. The fraction of sp³-hybridized carbons (Fsp3) is 0.0417. The SMILES string of the molecule is O=C(NN=Cc1cccc(O)c1)c1cc(-c2ccccc2OCc2ccccc2)n[nH]1. The molecule has 1 aromatic heterocycles. The van der Waals surface area contributed by atoms with E-state index >= 15 is 0 Å². The number of phenols is 1. The molecule has 3 aromatic carbocycles. The van der Waals surface area contributed by atoms with Gasteiger partial charge in [0.25, 0.3) is 5.91 Å². The highest BCUT2D eigenvalue weighted by atomic mass is 16.5. The van der Waals surface area contributed by atoms with E-state index in [4.69, 9.17) is 4.74 Å². The Morgan fingerprint density at radius 2 is 1.84 bits per heavy atom. The maximum Gasteiger partial charge on any atom is 0.289 e. The number of H-pyrrole nitrogens is 1. The molecule has 1 heterocycles. The molecule has 0 radical (unpaired) electrons. The van der Waals surface area contributed by atoms with Crippen molar-refractivity contribution in [1.29, 1.82) is 0 Å². The fourth-order valence-corrected chi connectivity index (χ4v) is 2.95. The Morgan fingerprint density at radius 3 is 2.68 bits per heavy atom. The van der Waals surface area contributed by atoms with Gasteiger partial charge < -0.3 is 9.84 Å². The molecule has 4 rings (SSSR count). The first-order valence-corrected chi connectivity index (χ1v) is 9.63. The molecule has 3 N–H and O–H groups in total. The molecule has 0 aliphatic carbocycles. The maximum absolute atomic E-state index is 12.4. The zero-order valence-electron chi connectivity index (χ0n) is 16.5. The van der Waals surface area contributed by atoms with Gasteiger partial charge in [-0.3, -0.25) is 9.89 Å². The third-order valence-corrected chi connectivity index (χ3v) is 4.47. The number of aromatic nitrogens is 2. The molecule has 1 amide bonds. The molecule has 0 spiro atoms. The van der Waals surface area contributed by atoms with Crippen LogP contribution in [0.3, 0.4) is 0 Å². The number of hydrazone groups is 1. The highest BCUT2D eigenvalue weighted by Gasteiger charge is 2.13. The number of nitrogens with zero attached hydrogens (tertiary/aromatic N) is 2. The van der Waals surface area contributed by atoms with Crippen molar-refractivity contribution < 1.29 is 14.6 Å². The molecule has 31 heavy (non-hydrogen) atoms. The molecule has 0 aliphatic heterocycles. The minimum Gasteiger partial charge on any atom is -0.508 e. The maximum atomic E-state index is 12.4. The summed E-state index contributed by atoms with van der Waals surface area (Å²) in [6.45, 7) is 0.430. The summed E-state index contributed by atoms with van der Waals surface area (Å²) in [4.78, 5) is 12.4. The summed E-state index contributed by atoms with van der Waals surface area (Å²) in [7, 11) is 0. The van der Waals surface area contributed by atoms with Crippen LogP contribution in [0.15, 0.2) is 90.0 Å². The van der Waals surface area contributed by atoms with E-state index in [1.54, 1.807) is 24.3 Å². The van der Waals surface area contributed by atoms with Gasteiger partial charge in [0.1, 0.15) is 23.8 Å². The van der Waals surface area contributed by atoms with Crippen molar-refractivity contribution in [1.82, 2.24) is 15.6 Å². The van der Waals surface area contributed by atoms with Crippen LogP contribution in [0.2, 0.25) is 0 Å². The van der Waals surface area contributed by atoms with Crippen molar-refractivity contribution in [2.45, 2.75) is 6.61 Å². The molecule has 4 aromatic rings. The monoisotopic (exact) mass is 412 g/mol. The normalized spacial score (nSPS) is 10.8. The molecule has 7 nitrogen and oxygen atoms in total. The molecule has 0 unspecified atom stereocenters. The summed E-state index contributed by atoms with van der Waals surface area (Å²) in [5, 5.41) is 20.4. The van der Waals surface area contributed by atoms with E-state index in [2.05, 4.69) is 20.7 Å². The van der Waals surface area contributed by atoms with Gasteiger partial charge in [-0.05, 0) is 41.5 Å². The van der Waals surface area contributed by atoms with Gasteiger partial charge >= 0.3 is 0 Å².